The molecule has 1 spiro atoms. The standard InChI is InChI=1S/C29H31ClFN3O2/c30-23-7-5-20-11-19(3-4-21(20)12-23)22-6-8-24(25(31)13-22)26-32-29(9-10-29)28(36)34(26)16-17-14-33(15-17)27(35)18-1-2-18/h4-5,7-8,11-13,17-19,22,26,32H,1-3,6,9-10,14-16H2. The smallest absolute Gasteiger partial charge is 0.244 e. The molecule has 188 valence electrons. The minimum atomic E-state index is -0.507. The lowest BCUT2D eigenvalue weighted by molar-refractivity contribution is -0.140. The van der Waals surface area contributed by atoms with Gasteiger partial charge < -0.3 is 9.80 Å². The van der Waals surface area contributed by atoms with Crippen molar-refractivity contribution in [2.24, 2.45) is 23.7 Å². The highest BCUT2D eigenvalue weighted by Gasteiger charge is 2.60. The summed E-state index contributed by atoms with van der Waals surface area (Å²) < 4.78 is 15.6. The van der Waals surface area contributed by atoms with Gasteiger partial charge in [-0.2, -0.15) is 0 Å². The molecular formula is C29H31ClFN3O2. The van der Waals surface area contributed by atoms with E-state index in [1.807, 2.05) is 34.1 Å². The second kappa shape index (κ2) is 8.29. The molecule has 1 aromatic rings. The molecule has 4 fully saturated rings. The van der Waals surface area contributed by atoms with Gasteiger partial charge in [-0.3, -0.25) is 14.9 Å². The third kappa shape index (κ3) is 3.84. The lowest BCUT2D eigenvalue weighted by atomic mass is 9.80. The van der Waals surface area contributed by atoms with Crippen molar-refractivity contribution in [2.75, 3.05) is 19.6 Å². The number of halogens is 2. The number of nitrogens with zero attached hydrogens (tertiary/aromatic N) is 2. The van der Waals surface area contributed by atoms with Gasteiger partial charge in [-0.1, -0.05) is 35.9 Å². The average Bonchev–Trinajstić information content (AvgIpc) is 3.76. The predicted molar refractivity (Wildman–Crippen MR) is 137 cm³/mol. The van der Waals surface area contributed by atoms with Gasteiger partial charge in [-0.25, -0.2) is 4.39 Å². The van der Waals surface area contributed by atoms with Crippen molar-refractivity contribution in [1.82, 2.24) is 15.1 Å². The van der Waals surface area contributed by atoms with Crippen LogP contribution in [-0.2, 0) is 9.59 Å². The number of benzene rings is 1. The number of rotatable bonds is 5. The highest BCUT2D eigenvalue weighted by molar-refractivity contribution is 6.30. The molecule has 6 aliphatic rings. The van der Waals surface area contributed by atoms with Gasteiger partial charge in [0.05, 0.1) is 0 Å². The first-order chi connectivity index (χ1) is 17.4. The number of allylic oxidation sites excluding steroid dienone is 2. The van der Waals surface area contributed by atoms with Crippen LogP contribution in [0.25, 0.3) is 12.2 Å². The summed E-state index contributed by atoms with van der Waals surface area (Å²) in [5.74, 6) is 0.964. The molecule has 2 saturated heterocycles. The predicted octanol–water partition coefficient (Wildman–Crippen LogP) is 2.88. The summed E-state index contributed by atoms with van der Waals surface area (Å²) in [6, 6.07) is 5.91. The first-order valence-electron chi connectivity index (χ1n) is 13.3. The summed E-state index contributed by atoms with van der Waals surface area (Å²) in [7, 11) is 0. The maximum absolute atomic E-state index is 15.6. The third-order valence-electron chi connectivity index (χ3n) is 8.94. The van der Waals surface area contributed by atoms with Crippen LogP contribution in [-0.4, -0.2) is 53.0 Å². The number of hydrogen-bond donors (Lipinski definition) is 1. The van der Waals surface area contributed by atoms with E-state index in [-0.39, 0.29) is 41.3 Å². The molecule has 2 heterocycles. The van der Waals surface area contributed by atoms with Gasteiger partial charge in [0.15, 0.2) is 0 Å². The molecule has 3 atom stereocenters. The van der Waals surface area contributed by atoms with E-state index >= 15 is 4.39 Å². The Labute approximate surface area is 215 Å². The van der Waals surface area contributed by atoms with Gasteiger partial charge in [0.25, 0.3) is 0 Å². The van der Waals surface area contributed by atoms with Crippen LogP contribution in [0.15, 0.2) is 41.8 Å². The van der Waals surface area contributed by atoms with E-state index in [9.17, 15) is 9.59 Å². The largest absolute Gasteiger partial charge is 0.342 e. The third-order valence-corrected chi connectivity index (χ3v) is 9.17. The molecule has 5 nitrogen and oxygen atoms in total. The first kappa shape index (κ1) is 22.7. The van der Waals surface area contributed by atoms with Crippen molar-refractivity contribution < 1.29 is 14.0 Å². The molecule has 3 unspecified atom stereocenters. The molecule has 1 N–H and O–H groups in total. The van der Waals surface area contributed by atoms with Crippen molar-refractivity contribution in [2.45, 2.75) is 50.2 Å². The number of carbonyl (C=O) groups excluding carboxylic acids is 2. The molecule has 0 bridgehead atoms. The molecule has 7 rings (SSSR count). The zero-order chi connectivity index (χ0) is 24.6. The Morgan fingerprint density at radius 2 is 1.83 bits per heavy atom. The topological polar surface area (TPSA) is 52.7 Å². The number of nitrogens with one attached hydrogen (secondary N) is 1. The van der Waals surface area contributed by atoms with Gasteiger partial charge >= 0.3 is 0 Å². The molecule has 36 heavy (non-hydrogen) atoms. The van der Waals surface area contributed by atoms with E-state index in [1.54, 1.807) is 6.08 Å². The Kier molecular flexibility index (Phi) is 5.23. The maximum Gasteiger partial charge on any atom is 0.244 e. The summed E-state index contributed by atoms with van der Waals surface area (Å²) in [5.41, 5.74) is 0.0908. The van der Waals surface area contributed by atoms with Crippen molar-refractivity contribution in [1.29, 1.82) is 0 Å². The van der Waals surface area contributed by atoms with Crippen LogP contribution in [0.3, 0.4) is 0 Å². The molecule has 0 aromatic heterocycles. The number of carbonyl (C=O) groups is 2. The monoisotopic (exact) mass is 507 g/mol. The molecule has 7 heteroatoms. The fourth-order valence-electron chi connectivity index (χ4n) is 6.43. The van der Waals surface area contributed by atoms with E-state index in [0.717, 1.165) is 54.0 Å². The molecule has 2 aliphatic heterocycles. The summed E-state index contributed by atoms with van der Waals surface area (Å²) in [4.78, 5) is 29.4. The van der Waals surface area contributed by atoms with Crippen LogP contribution in [0.4, 0.5) is 4.39 Å². The normalized spacial score (nSPS) is 30.7. The van der Waals surface area contributed by atoms with Crippen molar-refractivity contribution in [3.05, 3.63) is 57.2 Å². The maximum atomic E-state index is 15.6. The van der Waals surface area contributed by atoms with Gasteiger partial charge in [0, 0.05) is 42.1 Å². The van der Waals surface area contributed by atoms with Gasteiger partial charge in [0.1, 0.15) is 17.5 Å². The van der Waals surface area contributed by atoms with Crippen LogP contribution >= 0.6 is 11.6 Å². The second-order valence-electron chi connectivity index (χ2n) is 11.6. The van der Waals surface area contributed by atoms with Crippen molar-refractivity contribution in [3.8, 4) is 0 Å². The van der Waals surface area contributed by atoms with E-state index in [0.29, 0.717) is 25.2 Å². The summed E-state index contributed by atoms with van der Waals surface area (Å²) in [6.45, 7) is 1.99. The molecular weight excluding hydrogens is 477 g/mol. The number of hydrogen-bond acceptors (Lipinski definition) is 3. The Bertz CT molecular complexity index is 1320. The van der Waals surface area contributed by atoms with Crippen molar-refractivity contribution in [3.63, 3.8) is 0 Å². The second-order valence-corrected chi connectivity index (χ2v) is 12.0. The zero-order valence-corrected chi connectivity index (χ0v) is 21.0. The van der Waals surface area contributed by atoms with E-state index in [4.69, 9.17) is 11.6 Å². The van der Waals surface area contributed by atoms with Crippen LogP contribution in [0.1, 0.15) is 38.5 Å². The van der Waals surface area contributed by atoms with Crippen LogP contribution < -0.4 is 15.8 Å². The number of fused-ring (bicyclic) bond motifs is 1. The molecule has 2 saturated carbocycles. The molecule has 2 amide bonds. The van der Waals surface area contributed by atoms with E-state index < -0.39 is 11.7 Å². The molecule has 1 aromatic carbocycles. The SMILES string of the molecule is O=C(C1CC1)N1CC(CN2C(=O)C3(CC3)NC2C2=CCC(C3C=c4ccc(Cl)cc4=CC3)C=C2F)C1. The summed E-state index contributed by atoms with van der Waals surface area (Å²) >= 11 is 6.13. The van der Waals surface area contributed by atoms with Crippen molar-refractivity contribution >= 4 is 35.6 Å². The van der Waals surface area contributed by atoms with E-state index in [2.05, 4.69) is 17.5 Å². The Hall–Kier alpha value is -2.44. The highest BCUT2D eigenvalue weighted by atomic mass is 35.5. The number of likely N-dealkylation sites (tertiary alicyclic amines) is 1. The minimum Gasteiger partial charge on any atom is -0.342 e. The van der Waals surface area contributed by atoms with Gasteiger partial charge in [-0.15, -0.1) is 0 Å². The van der Waals surface area contributed by atoms with Crippen LogP contribution in [0, 0.1) is 23.7 Å². The highest BCUT2D eigenvalue weighted by Crippen LogP contribution is 2.46. The zero-order valence-electron chi connectivity index (χ0n) is 20.3. The summed E-state index contributed by atoms with van der Waals surface area (Å²) in [6.07, 6.45) is 13.1. The van der Waals surface area contributed by atoms with Crippen LogP contribution in [0.5, 0.6) is 0 Å². The number of amides is 2. The molecule has 4 aliphatic carbocycles. The van der Waals surface area contributed by atoms with Gasteiger partial charge in [0.2, 0.25) is 11.8 Å². The fourth-order valence-corrected chi connectivity index (χ4v) is 6.61. The summed E-state index contributed by atoms with van der Waals surface area (Å²) in [5, 5.41) is 6.51. The van der Waals surface area contributed by atoms with Crippen LogP contribution in [0.2, 0.25) is 5.02 Å². The molecule has 0 radical (unpaired) electrons. The Morgan fingerprint density at radius 3 is 2.56 bits per heavy atom. The fraction of sp³-hybridized carbons (Fsp3) is 0.517. The Morgan fingerprint density at radius 1 is 1.08 bits per heavy atom. The lowest BCUT2D eigenvalue weighted by Crippen LogP contribution is -2.56. The lowest BCUT2D eigenvalue weighted by Gasteiger charge is -2.42. The van der Waals surface area contributed by atoms with E-state index in [1.165, 1.54) is 0 Å². The minimum absolute atomic E-state index is 0.0860. The van der Waals surface area contributed by atoms with Gasteiger partial charge in [-0.05, 0) is 79.0 Å². The average molecular weight is 508 g/mol. The first-order valence-corrected chi connectivity index (χ1v) is 13.7. The quantitative estimate of drug-likeness (QED) is 0.667. The Balaban J connectivity index is 1.06.